The minimum absolute atomic E-state index is 0.0307. The van der Waals surface area contributed by atoms with Crippen molar-refractivity contribution in [1.29, 1.82) is 0 Å². The van der Waals surface area contributed by atoms with Crippen LogP contribution in [-0.4, -0.2) is 48.4 Å². The van der Waals surface area contributed by atoms with Crippen molar-refractivity contribution >= 4 is 22.7 Å². The predicted molar refractivity (Wildman–Crippen MR) is 120 cm³/mol. The van der Waals surface area contributed by atoms with E-state index in [1.165, 1.54) is 17.8 Å². The van der Waals surface area contributed by atoms with Crippen LogP contribution in [0.2, 0.25) is 0 Å². The first-order valence-electron chi connectivity index (χ1n) is 10.4. The first-order valence-corrected chi connectivity index (χ1v) is 11.4. The molecular weight excluding hydrogens is 420 g/mol. The highest BCUT2D eigenvalue weighted by atomic mass is 32.2. The van der Waals surface area contributed by atoms with Crippen LogP contribution in [-0.2, 0) is 14.3 Å². The fourth-order valence-electron chi connectivity index (χ4n) is 3.17. The van der Waals surface area contributed by atoms with Gasteiger partial charge in [-0.2, -0.15) is 0 Å². The summed E-state index contributed by atoms with van der Waals surface area (Å²) in [6.07, 6.45) is 6.56. The van der Waals surface area contributed by atoms with Crippen LogP contribution in [0.4, 0.5) is 0 Å². The largest absolute Gasteiger partial charge is 0.481 e. The lowest BCUT2D eigenvalue weighted by atomic mass is 10.1. The molecule has 2 unspecified atom stereocenters. The van der Waals surface area contributed by atoms with Crippen LogP contribution in [0.5, 0.6) is 5.75 Å². The molecule has 0 fully saturated rings. The number of thioether (sulfide) groups is 1. The van der Waals surface area contributed by atoms with Crippen molar-refractivity contribution in [1.82, 2.24) is 5.32 Å². The van der Waals surface area contributed by atoms with E-state index in [2.05, 4.69) is 16.2 Å². The molecule has 0 saturated heterocycles. The van der Waals surface area contributed by atoms with Gasteiger partial charge in [0.05, 0.1) is 12.1 Å². The maximum atomic E-state index is 12.9. The minimum Gasteiger partial charge on any atom is -0.481 e. The van der Waals surface area contributed by atoms with Gasteiger partial charge in [0.2, 0.25) is 11.7 Å². The lowest BCUT2D eigenvalue weighted by Crippen LogP contribution is -2.40. The summed E-state index contributed by atoms with van der Waals surface area (Å²) in [5.41, 5.74) is -0.569. The van der Waals surface area contributed by atoms with E-state index in [1.807, 2.05) is 27.7 Å². The molecule has 2 rings (SSSR count). The molecule has 1 amide bonds. The zero-order chi connectivity index (χ0) is 22.9. The number of nitrogens with zero attached hydrogens (tertiary/aromatic N) is 1. The number of aliphatic imine (C=N–C) groups is 1. The molecule has 0 aliphatic carbocycles. The minimum atomic E-state index is -0.971. The van der Waals surface area contributed by atoms with Gasteiger partial charge in [-0.3, -0.25) is 9.79 Å². The quantitative estimate of drug-likeness (QED) is 0.386. The number of nitrogens with one attached hydrogen (secondary N) is 1. The molecule has 1 aromatic heterocycles. The number of hydrogen-bond donors (Lipinski definition) is 1. The number of terminal acetylenes is 1. The Morgan fingerprint density at radius 1 is 1.39 bits per heavy atom. The smallest absolute Gasteiger partial charge is 0.339 e. The van der Waals surface area contributed by atoms with E-state index in [1.54, 1.807) is 6.07 Å². The van der Waals surface area contributed by atoms with Crippen molar-refractivity contribution in [2.75, 3.05) is 25.6 Å². The van der Waals surface area contributed by atoms with Gasteiger partial charge in [-0.05, 0) is 27.2 Å². The normalized spacial score (nSPS) is 17.0. The molecule has 8 nitrogen and oxygen atoms in total. The van der Waals surface area contributed by atoms with Crippen LogP contribution in [0.1, 0.15) is 52.3 Å². The average Bonchev–Trinajstić information content (AvgIpc) is 3.23. The van der Waals surface area contributed by atoms with Crippen LogP contribution in [0.15, 0.2) is 26.3 Å². The second kappa shape index (κ2) is 11.9. The first-order chi connectivity index (χ1) is 14.9. The van der Waals surface area contributed by atoms with Gasteiger partial charge in [0.15, 0.2) is 0 Å². The summed E-state index contributed by atoms with van der Waals surface area (Å²) >= 11 is 1.44. The summed E-state index contributed by atoms with van der Waals surface area (Å²) in [6.45, 7) is 8.50. The van der Waals surface area contributed by atoms with E-state index in [4.69, 9.17) is 25.1 Å². The molecule has 0 saturated carbocycles. The van der Waals surface area contributed by atoms with Crippen LogP contribution >= 0.6 is 11.8 Å². The molecule has 31 heavy (non-hydrogen) atoms. The first kappa shape index (κ1) is 25.0. The monoisotopic (exact) mass is 450 g/mol. The summed E-state index contributed by atoms with van der Waals surface area (Å²) in [4.78, 5) is 29.4. The van der Waals surface area contributed by atoms with Crippen LogP contribution in [0.25, 0.3) is 0 Å². The van der Waals surface area contributed by atoms with Crippen molar-refractivity contribution in [2.24, 2.45) is 4.99 Å². The second-order valence-corrected chi connectivity index (χ2v) is 7.94. The van der Waals surface area contributed by atoms with Gasteiger partial charge in [0, 0.05) is 25.0 Å². The Morgan fingerprint density at radius 2 is 2.10 bits per heavy atom. The number of carbonyl (C=O) groups excluding carboxylic acids is 1. The molecule has 0 bridgehead atoms. The van der Waals surface area contributed by atoms with E-state index < -0.39 is 23.5 Å². The van der Waals surface area contributed by atoms with Crippen molar-refractivity contribution in [3.8, 4) is 18.1 Å². The molecule has 1 aliphatic heterocycles. The fourth-order valence-corrected chi connectivity index (χ4v) is 4.29. The third-order valence-electron chi connectivity index (χ3n) is 4.50. The Hall–Kier alpha value is -2.28. The van der Waals surface area contributed by atoms with Crippen LogP contribution < -0.4 is 15.7 Å². The summed E-state index contributed by atoms with van der Waals surface area (Å²) in [5, 5.41) is 3.59. The number of hydrogen-bond acceptors (Lipinski definition) is 8. The summed E-state index contributed by atoms with van der Waals surface area (Å²) < 4.78 is 22.2. The Labute approximate surface area is 187 Å². The highest BCUT2D eigenvalue weighted by Gasteiger charge is 2.39. The molecule has 1 aromatic rings. The number of ether oxygens (including phenoxy) is 3. The molecule has 2 atom stereocenters. The third-order valence-corrected chi connectivity index (χ3v) is 5.74. The number of amides is 1. The summed E-state index contributed by atoms with van der Waals surface area (Å²) in [5.74, 6) is 2.23. The number of carbonyl (C=O) groups is 1. The molecule has 1 N–H and O–H groups in total. The van der Waals surface area contributed by atoms with Crippen LogP contribution in [0.3, 0.4) is 0 Å². The second-order valence-electron chi connectivity index (χ2n) is 6.93. The highest BCUT2D eigenvalue weighted by Crippen LogP contribution is 2.30. The molecule has 170 valence electrons. The van der Waals surface area contributed by atoms with E-state index >= 15 is 0 Å². The zero-order valence-electron chi connectivity index (χ0n) is 18.4. The van der Waals surface area contributed by atoms with Crippen molar-refractivity contribution < 1.29 is 23.4 Å². The highest BCUT2D eigenvalue weighted by molar-refractivity contribution is 8.14. The molecular formula is C22H30N2O6S. The molecule has 0 spiro atoms. The van der Waals surface area contributed by atoms with E-state index in [0.717, 1.165) is 6.42 Å². The standard InChI is InChI=1S/C22H30N2O6S/c1-6-10-16(18-12-15(27-11-7-2)13-19(25)30-18)23-20(26)17-14-31-21(24-17)22(5,28-8-3)29-9-4/h2,12-13,16-17H,6,8-11,14H2,1,3-5H3,(H,23,26). The maximum absolute atomic E-state index is 12.9. The van der Waals surface area contributed by atoms with Gasteiger partial charge < -0.3 is 23.9 Å². The van der Waals surface area contributed by atoms with E-state index in [0.29, 0.717) is 41.9 Å². The van der Waals surface area contributed by atoms with Crippen LogP contribution in [0, 0.1) is 12.3 Å². The Kier molecular flexibility index (Phi) is 9.62. The topological polar surface area (TPSA) is 99.4 Å². The van der Waals surface area contributed by atoms with Gasteiger partial charge in [-0.15, -0.1) is 18.2 Å². The predicted octanol–water partition coefficient (Wildman–Crippen LogP) is 2.91. The fraction of sp³-hybridized carbons (Fsp3) is 0.591. The van der Waals surface area contributed by atoms with Gasteiger partial charge in [0.1, 0.15) is 29.2 Å². The maximum Gasteiger partial charge on any atom is 0.339 e. The molecule has 9 heteroatoms. The summed E-state index contributed by atoms with van der Waals surface area (Å²) in [7, 11) is 0. The van der Waals surface area contributed by atoms with Gasteiger partial charge >= 0.3 is 5.63 Å². The molecule has 0 aromatic carbocycles. The number of rotatable bonds is 12. The summed E-state index contributed by atoms with van der Waals surface area (Å²) in [6, 6.07) is 1.72. The molecule has 1 aliphatic rings. The van der Waals surface area contributed by atoms with Crippen molar-refractivity contribution in [2.45, 2.75) is 58.4 Å². The Morgan fingerprint density at radius 3 is 2.71 bits per heavy atom. The lowest BCUT2D eigenvalue weighted by molar-refractivity contribution is -0.168. The Bertz CT molecular complexity index is 869. The van der Waals surface area contributed by atoms with Gasteiger partial charge in [0.25, 0.3) is 0 Å². The van der Waals surface area contributed by atoms with E-state index in [9.17, 15) is 9.59 Å². The zero-order valence-corrected chi connectivity index (χ0v) is 19.3. The average molecular weight is 451 g/mol. The van der Waals surface area contributed by atoms with Gasteiger partial charge in [-0.25, -0.2) is 4.79 Å². The van der Waals surface area contributed by atoms with Crippen molar-refractivity contribution in [3.63, 3.8) is 0 Å². The third kappa shape index (κ3) is 6.86. The SMILES string of the molecule is C#CCOc1cc(C(CCC)NC(=O)C2CSC(C(C)(OCC)OCC)=N2)oc(=O)c1. The molecule has 0 radical (unpaired) electrons. The van der Waals surface area contributed by atoms with E-state index in [-0.39, 0.29) is 12.5 Å². The molecule has 2 heterocycles. The Balaban J connectivity index is 2.18. The van der Waals surface area contributed by atoms with Crippen molar-refractivity contribution in [3.05, 3.63) is 28.3 Å². The van der Waals surface area contributed by atoms with Gasteiger partial charge in [-0.1, -0.05) is 19.3 Å². The lowest BCUT2D eigenvalue weighted by Gasteiger charge is -2.28.